The highest BCUT2D eigenvalue weighted by molar-refractivity contribution is 9.10. The number of carbonyl (C=O) groups is 1. The summed E-state index contributed by atoms with van der Waals surface area (Å²) in [5.41, 5.74) is 3.95. The molecule has 0 spiro atoms. The first-order chi connectivity index (χ1) is 20.7. The Morgan fingerprint density at radius 3 is 2.40 bits per heavy atom. The van der Waals surface area contributed by atoms with Gasteiger partial charge < -0.3 is 14.2 Å². The molecule has 1 aliphatic heterocycles. The Balaban J connectivity index is 1.58. The molecular formula is C33H30BrFN2O5S. The van der Waals surface area contributed by atoms with Crippen molar-refractivity contribution in [3.8, 4) is 11.5 Å². The van der Waals surface area contributed by atoms with E-state index < -0.39 is 12.0 Å². The van der Waals surface area contributed by atoms with Crippen molar-refractivity contribution < 1.29 is 23.4 Å². The number of hydrogen-bond donors (Lipinski definition) is 0. The lowest BCUT2D eigenvalue weighted by molar-refractivity contribution is -0.139. The fourth-order valence-corrected chi connectivity index (χ4v) is 6.26. The molecule has 0 bridgehead atoms. The first kappa shape index (κ1) is 30.4. The van der Waals surface area contributed by atoms with Crippen LogP contribution >= 0.6 is 27.3 Å². The number of aryl methyl sites for hydroxylation is 1. The molecular weight excluding hydrogens is 635 g/mol. The van der Waals surface area contributed by atoms with Crippen LogP contribution in [0.4, 0.5) is 4.39 Å². The third-order valence-corrected chi connectivity index (χ3v) is 8.54. The molecule has 1 aromatic heterocycles. The van der Waals surface area contributed by atoms with Gasteiger partial charge >= 0.3 is 5.97 Å². The Morgan fingerprint density at radius 1 is 1.02 bits per heavy atom. The van der Waals surface area contributed by atoms with Gasteiger partial charge in [0.05, 0.1) is 35.1 Å². The van der Waals surface area contributed by atoms with Crippen molar-refractivity contribution in [3.05, 3.63) is 124 Å². The minimum absolute atomic E-state index is 0.209. The van der Waals surface area contributed by atoms with Crippen molar-refractivity contribution in [2.75, 3.05) is 13.2 Å². The number of nitrogens with zero attached hydrogens (tertiary/aromatic N) is 2. The lowest BCUT2D eigenvalue weighted by Crippen LogP contribution is -2.39. The van der Waals surface area contributed by atoms with E-state index in [1.807, 2.05) is 38.1 Å². The van der Waals surface area contributed by atoms with Crippen molar-refractivity contribution in [2.24, 2.45) is 4.99 Å². The Labute approximate surface area is 260 Å². The molecule has 0 amide bonds. The first-order valence-electron chi connectivity index (χ1n) is 13.8. The average Bonchev–Trinajstić information content (AvgIpc) is 3.28. The molecule has 0 fully saturated rings. The van der Waals surface area contributed by atoms with Gasteiger partial charge in [-0.1, -0.05) is 69.2 Å². The standard InChI is InChI=1S/C33H30BrFN2O5S/c1-5-40-26-15-23(25(34)17-27(26)42-18-21-9-13-24(35)14-10-21)16-28-31(38)37-30(22-11-7-19(3)8-12-22)29(32(39)41-6-2)20(4)36-33(37)43-28/h7-17,30H,5-6,18H2,1-4H3/b28-16-/t30-/m0/s1. The second kappa shape index (κ2) is 13.1. The number of ether oxygens (including phenoxy) is 3. The number of esters is 1. The Morgan fingerprint density at radius 2 is 1.72 bits per heavy atom. The van der Waals surface area contributed by atoms with Gasteiger partial charge in [0, 0.05) is 4.47 Å². The summed E-state index contributed by atoms with van der Waals surface area (Å²) >= 11 is 4.87. The van der Waals surface area contributed by atoms with Crippen LogP contribution in [0.1, 0.15) is 49.1 Å². The summed E-state index contributed by atoms with van der Waals surface area (Å²) in [4.78, 5) is 32.2. The van der Waals surface area contributed by atoms with E-state index in [9.17, 15) is 14.0 Å². The van der Waals surface area contributed by atoms with Gasteiger partial charge in [-0.2, -0.15) is 0 Å². The summed E-state index contributed by atoms with van der Waals surface area (Å²) in [6, 6.07) is 16.8. The maximum Gasteiger partial charge on any atom is 0.338 e. The van der Waals surface area contributed by atoms with E-state index in [0.717, 1.165) is 16.7 Å². The maximum atomic E-state index is 14.0. The van der Waals surface area contributed by atoms with E-state index in [4.69, 9.17) is 14.2 Å². The number of rotatable bonds is 9. The van der Waals surface area contributed by atoms with Crippen LogP contribution in [0.2, 0.25) is 0 Å². The third-order valence-electron chi connectivity index (χ3n) is 6.87. The molecule has 0 saturated carbocycles. The lowest BCUT2D eigenvalue weighted by Gasteiger charge is -2.24. The van der Waals surface area contributed by atoms with Gasteiger partial charge in [0.1, 0.15) is 12.4 Å². The number of allylic oxidation sites excluding steroid dienone is 1. The van der Waals surface area contributed by atoms with Gasteiger partial charge in [-0.3, -0.25) is 9.36 Å². The number of aromatic nitrogens is 1. The summed E-state index contributed by atoms with van der Waals surface area (Å²) in [5.74, 6) is 0.202. The van der Waals surface area contributed by atoms with Crippen LogP contribution < -0.4 is 24.4 Å². The number of benzene rings is 3. The summed E-state index contributed by atoms with van der Waals surface area (Å²) in [6.07, 6.45) is 1.77. The molecule has 1 atom stereocenters. The number of fused-ring (bicyclic) bond motifs is 1. The molecule has 0 unspecified atom stereocenters. The second-order valence-corrected chi connectivity index (χ2v) is 11.7. The van der Waals surface area contributed by atoms with Gasteiger partial charge in [0.25, 0.3) is 5.56 Å². The minimum Gasteiger partial charge on any atom is -0.490 e. The Hall–Kier alpha value is -4.02. The van der Waals surface area contributed by atoms with Gasteiger partial charge in [-0.15, -0.1) is 0 Å². The van der Waals surface area contributed by atoms with Gasteiger partial charge in [0.15, 0.2) is 16.3 Å². The number of thiazole rings is 1. The SMILES string of the molecule is CCOC(=O)C1=C(C)N=c2s/c(=C\c3cc(OCC)c(OCc4ccc(F)cc4)cc3Br)c(=O)n2[C@H]1c1ccc(C)cc1. The van der Waals surface area contributed by atoms with E-state index in [1.165, 1.54) is 23.5 Å². The number of carbonyl (C=O) groups excluding carboxylic acids is 1. The third kappa shape index (κ3) is 6.50. The highest BCUT2D eigenvalue weighted by atomic mass is 79.9. The molecule has 0 saturated heterocycles. The van der Waals surface area contributed by atoms with E-state index in [2.05, 4.69) is 20.9 Å². The van der Waals surface area contributed by atoms with E-state index in [1.54, 1.807) is 48.8 Å². The topological polar surface area (TPSA) is 79.1 Å². The molecule has 10 heteroatoms. The number of hydrogen-bond acceptors (Lipinski definition) is 7. The van der Waals surface area contributed by atoms with Gasteiger partial charge in [0.2, 0.25) is 0 Å². The molecule has 4 aromatic rings. The van der Waals surface area contributed by atoms with Crippen molar-refractivity contribution >= 4 is 39.3 Å². The fraction of sp³-hybridized carbons (Fsp3) is 0.242. The van der Waals surface area contributed by atoms with Crippen LogP contribution in [0, 0.1) is 12.7 Å². The van der Waals surface area contributed by atoms with Crippen molar-refractivity contribution in [2.45, 2.75) is 40.3 Å². The van der Waals surface area contributed by atoms with Crippen LogP contribution in [0.15, 0.2) is 86.2 Å². The zero-order valence-corrected chi connectivity index (χ0v) is 26.6. The minimum atomic E-state index is -0.678. The quantitative estimate of drug-likeness (QED) is 0.206. The van der Waals surface area contributed by atoms with E-state index >= 15 is 0 Å². The molecule has 3 aromatic carbocycles. The highest BCUT2D eigenvalue weighted by Crippen LogP contribution is 2.35. The summed E-state index contributed by atoms with van der Waals surface area (Å²) < 4.78 is 33.3. The normalized spacial score (nSPS) is 14.7. The molecule has 0 radical (unpaired) electrons. The van der Waals surface area contributed by atoms with Crippen LogP contribution in [-0.2, 0) is 16.1 Å². The van der Waals surface area contributed by atoms with Gasteiger partial charge in [-0.05, 0) is 74.7 Å². The Bertz CT molecular complexity index is 1880. The van der Waals surface area contributed by atoms with Crippen molar-refractivity contribution in [3.63, 3.8) is 0 Å². The molecule has 5 rings (SSSR count). The summed E-state index contributed by atoms with van der Waals surface area (Å²) in [5, 5.41) is 0. The predicted octanol–water partition coefficient (Wildman–Crippen LogP) is 5.99. The average molecular weight is 666 g/mol. The van der Waals surface area contributed by atoms with E-state index in [-0.39, 0.29) is 24.6 Å². The fourth-order valence-electron chi connectivity index (χ4n) is 4.78. The maximum absolute atomic E-state index is 14.0. The highest BCUT2D eigenvalue weighted by Gasteiger charge is 2.33. The van der Waals surface area contributed by atoms with E-state index in [0.29, 0.717) is 48.7 Å². The van der Waals surface area contributed by atoms with Crippen LogP contribution in [0.25, 0.3) is 6.08 Å². The molecule has 7 nitrogen and oxygen atoms in total. The smallest absolute Gasteiger partial charge is 0.338 e. The largest absolute Gasteiger partial charge is 0.490 e. The summed E-state index contributed by atoms with van der Waals surface area (Å²) in [7, 11) is 0. The molecule has 43 heavy (non-hydrogen) atoms. The number of halogens is 2. The lowest BCUT2D eigenvalue weighted by atomic mass is 9.95. The molecule has 222 valence electrons. The predicted molar refractivity (Wildman–Crippen MR) is 168 cm³/mol. The van der Waals surface area contributed by atoms with Crippen molar-refractivity contribution in [1.29, 1.82) is 0 Å². The molecule has 2 heterocycles. The molecule has 1 aliphatic rings. The van der Waals surface area contributed by atoms with Crippen LogP contribution in [0.5, 0.6) is 11.5 Å². The van der Waals surface area contributed by atoms with Crippen LogP contribution in [0.3, 0.4) is 0 Å². The second-order valence-electron chi connectivity index (χ2n) is 9.88. The van der Waals surface area contributed by atoms with Crippen LogP contribution in [-0.4, -0.2) is 23.8 Å². The van der Waals surface area contributed by atoms with Gasteiger partial charge in [-0.25, -0.2) is 14.2 Å². The zero-order chi connectivity index (χ0) is 30.7. The summed E-state index contributed by atoms with van der Waals surface area (Å²) in [6.45, 7) is 8.21. The molecule has 0 N–H and O–H groups in total. The van der Waals surface area contributed by atoms with Crippen molar-refractivity contribution in [1.82, 2.24) is 4.57 Å². The molecule has 0 aliphatic carbocycles. The Kier molecular flexibility index (Phi) is 9.27. The zero-order valence-electron chi connectivity index (χ0n) is 24.1. The first-order valence-corrected chi connectivity index (χ1v) is 15.4. The monoisotopic (exact) mass is 664 g/mol.